The smallest absolute Gasteiger partial charge is 0.301 e. The number of benzene rings is 1. The van der Waals surface area contributed by atoms with E-state index in [1.165, 1.54) is 11.0 Å². The van der Waals surface area contributed by atoms with Crippen molar-refractivity contribution in [1.29, 1.82) is 0 Å². The number of piperidine rings is 1. The minimum absolute atomic E-state index is 0.0875. The Bertz CT molecular complexity index is 1460. The number of rotatable bonds is 4. The van der Waals surface area contributed by atoms with E-state index in [-0.39, 0.29) is 11.7 Å². The third-order valence-electron chi connectivity index (χ3n) is 7.98. The molecular weight excluding hydrogens is 514 g/mol. The maximum absolute atomic E-state index is 14.9. The highest BCUT2D eigenvalue weighted by atomic mass is 35.5. The van der Waals surface area contributed by atoms with Crippen molar-refractivity contribution in [2.24, 2.45) is 18.9 Å². The maximum atomic E-state index is 14.9. The Hall–Kier alpha value is -3.14. The average Bonchev–Trinajstić information content (AvgIpc) is 3.73. The highest BCUT2D eigenvalue weighted by Gasteiger charge is 2.51. The lowest BCUT2D eigenvalue weighted by Crippen LogP contribution is -2.44. The van der Waals surface area contributed by atoms with Gasteiger partial charge in [-0.3, -0.25) is 4.79 Å². The van der Waals surface area contributed by atoms with Gasteiger partial charge in [-0.25, -0.2) is 13.8 Å². The molecule has 1 aliphatic carbocycles. The monoisotopic (exact) mass is 544 g/mol. The number of aromatic nitrogens is 3. The van der Waals surface area contributed by atoms with Crippen LogP contribution in [-0.4, -0.2) is 45.7 Å². The molecule has 6 rings (SSSR count). The minimum atomic E-state index is -3.10. The van der Waals surface area contributed by atoms with Gasteiger partial charge in [0, 0.05) is 30.7 Å². The second-order valence-corrected chi connectivity index (χ2v) is 11.4. The molecule has 11 heteroatoms. The van der Waals surface area contributed by atoms with Crippen LogP contribution in [0.1, 0.15) is 39.5 Å². The summed E-state index contributed by atoms with van der Waals surface area (Å²) in [6, 6.07) is 4.62. The number of hydrogen-bond donors (Lipinski definition) is 2. The van der Waals surface area contributed by atoms with Crippen molar-refractivity contribution in [2.45, 2.75) is 57.5 Å². The summed E-state index contributed by atoms with van der Waals surface area (Å²) in [7, 11) is 1.61. The van der Waals surface area contributed by atoms with Crippen LogP contribution in [0.5, 0.6) is 5.75 Å². The van der Waals surface area contributed by atoms with Crippen LogP contribution in [0.4, 0.5) is 31.9 Å². The van der Waals surface area contributed by atoms with Crippen molar-refractivity contribution >= 4 is 45.6 Å². The molecule has 38 heavy (non-hydrogen) atoms. The van der Waals surface area contributed by atoms with E-state index in [1.54, 1.807) is 25.4 Å². The minimum Gasteiger partial charge on any atom is -0.480 e. The summed E-state index contributed by atoms with van der Waals surface area (Å²) in [6.07, 6.45) is 5.28. The third kappa shape index (κ3) is 4.42. The van der Waals surface area contributed by atoms with Crippen LogP contribution in [0, 0.1) is 11.8 Å². The van der Waals surface area contributed by atoms with Gasteiger partial charge < -0.3 is 24.8 Å². The molecule has 1 saturated carbocycles. The summed E-state index contributed by atoms with van der Waals surface area (Å²) < 4.78 is 36.7. The Morgan fingerprint density at radius 3 is 2.76 bits per heavy atom. The molecule has 2 N–H and O–H groups in total. The van der Waals surface area contributed by atoms with Gasteiger partial charge in [-0.1, -0.05) is 18.5 Å². The quantitative estimate of drug-likeness (QED) is 0.444. The summed E-state index contributed by atoms with van der Waals surface area (Å²) in [6.45, 7) is 4.43. The lowest BCUT2D eigenvalue weighted by atomic mass is 9.95. The van der Waals surface area contributed by atoms with Gasteiger partial charge in [-0.2, -0.15) is 4.98 Å². The molecule has 0 bridgehead atoms. The molecule has 202 valence electrons. The van der Waals surface area contributed by atoms with E-state index in [9.17, 15) is 13.6 Å². The maximum Gasteiger partial charge on any atom is 0.301 e. The molecule has 2 unspecified atom stereocenters. The number of nitrogens with zero attached hydrogens (tertiary/aromatic N) is 4. The summed E-state index contributed by atoms with van der Waals surface area (Å²) in [5.74, 6) is -1.73. The van der Waals surface area contributed by atoms with Gasteiger partial charge in [-0.15, -0.1) is 0 Å². The summed E-state index contributed by atoms with van der Waals surface area (Å²) in [5, 5.41) is 7.25. The number of hydrogen-bond acceptors (Lipinski definition) is 7. The average molecular weight is 545 g/mol. The molecular formula is C27H31ClF2N6O2. The Morgan fingerprint density at radius 2 is 2.00 bits per heavy atom. The highest BCUT2D eigenvalue weighted by Crippen LogP contribution is 2.45. The van der Waals surface area contributed by atoms with Gasteiger partial charge >= 0.3 is 5.92 Å². The van der Waals surface area contributed by atoms with Crippen molar-refractivity contribution in [3.8, 4) is 5.75 Å². The van der Waals surface area contributed by atoms with E-state index in [0.29, 0.717) is 51.0 Å². The third-order valence-corrected chi connectivity index (χ3v) is 8.26. The van der Waals surface area contributed by atoms with Crippen molar-refractivity contribution < 1.29 is 13.5 Å². The van der Waals surface area contributed by atoms with E-state index >= 15 is 0 Å². The van der Waals surface area contributed by atoms with Gasteiger partial charge in [0.1, 0.15) is 5.02 Å². The highest BCUT2D eigenvalue weighted by molar-refractivity contribution is 6.33. The lowest BCUT2D eigenvalue weighted by Gasteiger charge is -2.36. The summed E-state index contributed by atoms with van der Waals surface area (Å²) in [4.78, 5) is 24.4. The first kappa shape index (κ1) is 25.2. The SMILES string of the molecule is CC1CCC(C)N(c2ncc(Cl)c(Nc3ccc4c(c3)c3c(c(=O)n4C)OCC(F)(F)[C@H](C4CC4)N3)n2)C1. The molecule has 3 aromatic rings. The van der Waals surface area contributed by atoms with Crippen LogP contribution in [0.15, 0.2) is 29.2 Å². The first-order valence-electron chi connectivity index (χ1n) is 13.1. The van der Waals surface area contributed by atoms with Gasteiger partial charge in [0.2, 0.25) is 11.7 Å². The molecule has 0 amide bonds. The molecule has 2 aromatic heterocycles. The van der Waals surface area contributed by atoms with Crippen LogP contribution in [-0.2, 0) is 7.05 Å². The Kier molecular flexibility index (Phi) is 6.13. The number of nitrogens with one attached hydrogen (secondary N) is 2. The van der Waals surface area contributed by atoms with Gasteiger partial charge in [0.25, 0.3) is 5.56 Å². The van der Waals surface area contributed by atoms with Crippen molar-refractivity contribution in [2.75, 3.05) is 28.7 Å². The second kappa shape index (κ2) is 9.25. The predicted octanol–water partition coefficient (Wildman–Crippen LogP) is 5.57. The van der Waals surface area contributed by atoms with E-state index in [2.05, 4.69) is 34.4 Å². The van der Waals surface area contributed by atoms with E-state index in [4.69, 9.17) is 21.3 Å². The first-order chi connectivity index (χ1) is 18.1. The van der Waals surface area contributed by atoms with E-state index in [1.807, 2.05) is 6.07 Å². The van der Waals surface area contributed by atoms with Gasteiger partial charge in [-0.05, 0) is 62.6 Å². The number of alkyl halides is 2. The number of aryl methyl sites for hydroxylation is 1. The number of anilines is 4. The van der Waals surface area contributed by atoms with Crippen LogP contribution in [0.25, 0.3) is 10.9 Å². The largest absolute Gasteiger partial charge is 0.480 e. The first-order valence-corrected chi connectivity index (χ1v) is 13.5. The molecule has 0 spiro atoms. The van der Waals surface area contributed by atoms with Gasteiger partial charge in [0.15, 0.2) is 12.4 Å². The fraction of sp³-hybridized carbons (Fsp3) is 0.519. The number of ether oxygens (including phenoxy) is 1. The molecule has 3 aliphatic rings. The molecule has 1 aromatic carbocycles. The molecule has 1 saturated heterocycles. The van der Waals surface area contributed by atoms with Gasteiger partial charge in [0.05, 0.1) is 23.4 Å². The number of halogens is 3. The van der Waals surface area contributed by atoms with Crippen molar-refractivity contribution in [3.63, 3.8) is 0 Å². The summed E-state index contributed by atoms with van der Waals surface area (Å²) in [5.41, 5.74) is 1.08. The molecule has 8 nitrogen and oxygen atoms in total. The van der Waals surface area contributed by atoms with Crippen molar-refractivity contribution in [3.05, 3.63) is 39.8 Å². The fourth-order valence-corrected chi connectivity index (χ4v) is 5.71. The molecule has 0 radical (unpaired) electrons. The lowest BCUT2D eigenvalue weighted by molar-refractivity contribution is -0.0579. The Morgan fingerprint density at radius 1 is 1.21 bits per heavy atom. The van der Waals surface area contributed by atoms with Crippen LogP contribution < -0.4 is 25.8 Å². The molecule has 3 atom stereocenters. The fourth-order valence-electron chi connectivity index (χ4n) is 5.57. The number of pyridine rings is 1. The van der Waals surface area contributed by atoms with Crippen LogP contribution >= 0.6 is 11.6 Å². The summed E-state index contributed by atoms with van der Waals surface area (Å²) >= 11 is 6.48. The zero-order valence-electron chi connectivity index (χ0n) is 21.6. The van der Waals surface area contributed by atoms with Crippen molar-refractivity contribution in [1.82, 2.24) is 14.5 Å². The van der Waals surface area contributed by atoms with E-state index in [0.717, 1.165) is 25.8 Å². The molecule has 2 fully saturated rings. The normalized spacial score (nSPS) is 24.8. The topological polar surface area (TPSA) is 84.3 Å². The predicted molar refractivity (Wildman–Crippen MR) is 145 cm³/mol. The zero-order valence-corrected chi connectivity index (χ0v) is 22.4. The number of fused-ring (bicyclic) bond motifs is 3. The van der Waals surface area contributed by atoms with E-state index < -0.39 is 24.1 Å². The zero-order chi connectivity index (χ0) is 26.8. The molecule has 2 aliphatic heterocycles. The molecule has 4 heterocycles. The Balaban J connectivity index is 1.39. The van der Waals surface area contributed by atoms with Crippen LogP contribution in [0.3, 0.4) is 0 Å². The van der Waals surface area contributed by atoms with Crippen LogP contribution in [0.2, 0.25) is 5.02 Å². The standard InChI is InChI=1S/C27H31ClF2N6O2/c1-14-4-5-15(2)36(12-14)26-31-11-19(28)24(34-26)32-17-8-9-20-18(10-17)21-22(25(37)35(20)3)38-13-27(29,30)23(33-21)16-6-7-16/h8-11,14-16,23,33H,4-7,12-13H2,1-3H3,(H,31,32,34)/t14?,15?,23-/m0/s1. The Labute approximate surface area is 224 Å². The second-order valence-electron chi connectivity index (χ2n) is 11.0.